The van der Waals surface area contributed by atoms with E-state index in [9.17, 15) is 13.2 Å². The second kappa shape index (κ2) is 5.70. The molecule has 0 amide bonds. The molecule has 0 aromatic heterocycles. The minimum atomic E-state index is -4.39. The van der Waals surface area contributed by atoms with Crippen LogP contribution in [-0.2, 0) is 6.18 Å². The molecule has 2 aromatic rings. The summed E-state index contributed by atoms with van der Waals surface area (Å²) in [4.78, 5) is 0. The maximum atomic E-state index is 12.8. The molecule has 0 aliphatic carbocycles. The summed E-state index contributed by atoms with van der Waals surface area (Å²) in [5, 5.41) is 0.461. The number of halogens is 4. The van der Waals surface area contributed by atoms with Crippen LogP contribution in [0, 0.1) is 13.8 Å². The normalized spacial score (nSPS) is 13.3. The zero-order chi connectivity index (χ0) is 15.8. The van der Waals surface area contributed by atoms with Gasteiger partial charge in [-0.3, -0.25) is 0 Å². The molecule has 1 atom stereocenters. The van der Waals surface area contributed by atoms with Crippen LogP contribution < -0.4 is 5.73 Å². The fraction of sp³-hybridized carbons (Fsp3) is 0.250. The number of benzene rings is 2. The highest BCUT2D eigenvalue weighted by atomic mass is 35.5. The highest BCUT2D eigenvalue weighted by molar-refractivity contribution is 6.31. The van der Waals surface area contributed by atoms with Gasteiger partial charge in [0.1, 0.15) is 0 Å². The molecule has 0 bridgehead atoms. The van der Waals surface area contributed by atoms with Crippen molar-refractivity contribution in [2.24, 2.45) is 5.73 Å². The molecule has 2 rings (SSSR count). The van der Waals surface area contributed by atoms with E-state index in [2.05, 4.69) is 0 Å². The van der Waals surface area contributed by atoms with Crippen LogP contribution in [0.25, 0.3) is 0 Å². The Labute approximate surface area is 126 Å². The maximum absolute atomic E-state index is 12.8. The topological polar surface area (TPSA) is 26.0 Å². The molecule has 0 aliphatic heterocycles. The number of hydrogen-bond acceptors (Lipinski definition) is 1. The van der Waals surface area contributed by atoms with Gasteiger partial charge in [0.15, 0.2) is 0 Å². The number of nitrogens with two attached hydrogens (primary N) is 1. The smallest absolute Gasteiger partial charge is 0.320 e. The third-order valence-corrected chi connectivity index (χ3v) is 3.85. The van der Waals surface area contributed by atoms with Gasteiger partial charge in [-0.15, -0.1) is 0 Å². The monoisotopic (exact) mass is 313 g/mol. The van der Waals surface area contributed by atoms with Crippen LogP contribution in [0.4, 0.5) is 13.2 Å². The predicted octanol–water partition coefficient (Wildman–Crippen LogP) is 5.02. The number of alkyl halides is 3. The average molecular weight is 314 g/mol. The highest BCUT2D eigenvalue weighted by Gasteiger charge is 2.31. The van der Waals surface area contributed by atoms with Gasteiger partial charge in [-0.1, -0.05) is 29.8 Å². The van der Waals surface area contributed by atoms with Crippen LogP contribution in [0.5, 0.6) is 0 Å². The molecule has 2 N–H and O–H groups in total. The Balaban J connectivity index is 2.45. The Morgan fingerprint density at radius 1 is 1.05 bits per heavy atom. The Morgan fingerprint density at radius 3 is 2.29 bits per heavy atom. The number of rotatable bonds is 2. The molecule has 2 aromatic carbocycles. The second-order valence-electron chi connectivity index (χ2n) is 5.06. The number of hydrogen-bond donors (Lipinski definition) is 1. The molecule has 0 saturated carbocycles. The van der Waals surface area contributed by atoms with Gasteiger partial charge in [0.2, 0.25) is 0 Å². The molecular formula is C16H15ClF3N. The first kappa shape index (κ1) is 15.9. The molecular weight excluding hydrogens is 299 g/mol. The molecule has 1 nitrogen and oxygen atoms in total. The molecule has 0 saturated heterocycles. The fourth-order valence-electron chi connectivity index (χ4n) is 2.13. The van der Waals surface area contributed by atoms with Crippen molar-refractivity contribution in [3.8, 4) is 0 Å². The summed E-state index contributed by atoms with van der Waals surface area (Å²) in [5.74, 6) is 0. The minimum absolute atomic E-state index is 0.384. The zero-order valence-electron chi connectivity index (χ0n) is 11.6. The lowest BCUT2D eigenvalue weighted by molar-refractivity contribution is -0.137. The first-order chi connectivity index (χ1) is 9.70. The van der Waals surface area contributed by atoms with Crippen molar-refractivity contribution in [1.29, 1.82) is 0 Å². The van der Waals surface area contributed by atoms with E-state index in [-0.39, 0.29) is 0 Å². The molecule has 112 valence electrons. The van der Waals surface area contributed by atoms with Gasteiger partial charge in [-0.05, 0) is 54.3 Å². The average Bonchev–Trinajstić information content (AvgIpc) is 2.41. The van der Waals surface area contributed by atoms with Crippen molar-refractivity contribution < 1.29 is 13.2 Å². The van der Waals surface area contributed by atoms with Gasteiger partial charge in [0, 0.05) is 5.02 Å². The summed E-state index contributed by atoms with van der Waals surface area (Å²) >= 11 is 6.17. The zero-order valence-corrected chi connectivity index (χ0v) is 12.4. The third kappa shape index (κ3) is 3.39. The van der Waals surface area contributed by atoms with E-state index in [1.165, 1.54) is 6.07 Å². The minimum Gasteiger partial charge on any atom is -0.320 e. The van der Waals surface area contributed by atoms with Crippen LogP contribution >= 0.6 is 11.6 Å². The van der Waals surface area contributed by atoms with Crippen LogP contribution in [0.1, 0.15) is 33.9 Å². The third-order valence-electron chi connectivity index (χ3n) is 3.52. The van der Waals surface area contributed by atoms with Crippen LogP contribution in [-0.4, -0.2) is 0 Å². The van der Waals surface area contributed by atoms with Gasteiger partial charge >= 0.3 is 6.18 Å². The fourth-order valence-corrected chi connectivity index (χ4v) is 2.47. The Kier molecular flexibility index (Phi) is 4.30. The summed E-state index contributed by atoms with van der Waals surface area (Å²) in [6, 6.07) is 7.92. The van der Waals surface area contributed by atoms with Crippen molar-refractivity contribution >= 4 is 11.6 Å². The van der Waals surface area contributed by atoms with Gasteiger partial charge < -0.3 is 5.73 Å². The summed E-state index contributed by atoms with van der Waals surface area (Å²) < 4.78 is 38.3. The van der Waals surface area contributed by atoms with E-state index in [4.69, 9.17) is 17.3 Å². The number of aryl methyl sites for hydroxylation is 2. The molecule has 0 spiro atoms. The van der Waals surface area contributed by atoms with Crippen molar-refractivity contribution in [1.82, 2.24) is 0 Å². The van der Waals surface area contributed by atoms with Gasteiger partial charge in [-0.2, -0.15) is 13.2 Å². The van der Waals surface area contributed by atoms with Crippen molar-refractivity contribution in [2.75, 3.05) is 0 Å². The van der Waals surface area contributed by atoms with Crippen LogP contribution in [0.15, 0.2) is 36.4 Å². The van der Waals surface area contributed by atoms with Crippen molar-refractivity contribution in [3.05, 3.63) is 69.2 Å². The van der Waals surface area contributed by atoms with E-state index in [1.54, 1.807) is 12.1 Å². The lowest BCUT2D eigenvalue weighted by atomic mass is 9.95. The maximum Gasteiger partial charge on any atom is 0.416 e. The van der Waals surface area contributed by atoms with Crippen molar-refractivity contribution in [3.63, 3.8) is 0 Å². The van der Waals surface area contributed by atoms with E-state index in [1.807, 2.05) is 19.9 Å². The SMILES string of the molecule is Cc1cc(Cl)c(C(N)c2cccc(C(F)(F)F)c2)cc1C. The molecule has 0 heterocycles. The van der Waals surface area contributed by atoms with E-state index >= 15 is 0 Å². The first-order valence-corrected chi connectivity index (χ1v) is 6.77. The van der Waals surface area contributed by atoms with E-state index < -0.39 is 17.8 Å². The summed E-state index contributed by atoms with van der Waals surface area (Å²) in [6.45, 7) is 3.83. The van der Waals surface area contributed by atoms with E-state index in [0.717, 1.165) is 23.3 Å². The Hall–Kier alpha value is -1.52. The Bertz CT molecular complexity index is 665. The van der Waals surface area contributed by atoms with Gasteiger partial charge in [0.05, 0.1) is 11.6 Å². The standard InChI is InChI=1S/C16H15ClF3N/c1-9-6-13(14(17)7-10(9)2)15(21)11-4-3-5-12(8-11)16(18,19)20/h3-8,15H,21H2,1-2H3. The second-order valence-corrected chi connectivity index (χ2v) is 5.47. The molecule has 1 unspecified atom stereocenters. The lowest BCUT2D eigenvalue weighted by Crippen LogP contribution is -2.14. The highest BCUT2D eigenvalue weighted by Crippen LogP contribution is 2.33. The summed E-state index contributed by atoms with van der Waals surface area (Å²) in [5.41, 5.74) is 8.40. The molecule has 0 aliphatic rings. The molecule has 0 fully saturated rings. The van der Waals surface area contributed by atoms with Crippen LogP contribution in [0.3, 0.4) is 0 Å². The summed E-state index contributed by atoms with van der Waals surface area (Å²) in [6.07, 6.45) is -4.39. The van der Waals surface area contributed by atoms with Crippen molar-refractivity contribution in [2.45, 2.75) is 26.1 Å². The quantitative estimate of drug-likeness (QED) is 0.827. The molecule has 5 heteroatoms. The Morgan fingerprint density at radius 2 is 1.67 bits per heavy atom. The van der Waals surface area contributed by atoms with Gasteiger partial charge in [-0.25, -0.2) is 0 Å². The van der Waals surface area contributed by atoms with Crippen LogP contribution in [0.2, 0.25) is 5.02 Å². The van der Waals surface area contributed by atoms with Gasteiger partial charge in [0.25, 0.3) is 0 Å². The summed E-state index contributed by atoms with van der Waals surface area (Å²) in [7, 11) is 0. The first-order valence-electron chi connectivity index (χ1n) is 6.39. The van der Waals surface area contributed by atoms with E-state index in [0.29, 0.717) is 16.1 Å². The molecule has 0 radical (unpaired) electrons. The molecule has 21 heavy (non-hydrogen) atoms. The predicted molar refractivity (Wildman–Crippen MR) is 78.4 cm³/mol. The largest absolute Gasteiger partial charge is 0.416 e. The lowest BCUT2D eigenvalue weighted by Gasteiger charge is -2.17.